The van der Waals surface area contributed by atoms with E-state index in [1.54, 1.807) is 4.90 Å². The Morgan fingerprint density at radius 2 is 2.09 bits per heavy atom. The molecule has 0 saturated heterocycles. The Balaban J connectivity index is 1.36. The number of carbonyl (C=O) groups excluding carboxylic acids is 1. The molecule has 3 aliphatic rings. The first-order valence-corrected chi connectivity index (χ1v) is 11.9. The number of fused-ring (bicyclic) bond motifs is 1. The number of halogens is 3. The molecule has 2 heterocycles. The molecule has 8 heteroatoms. The van der Waals surface area contributed by atoms with Crippen LogP contribution in [0.2, 0.25) is 0 Å². The number of aliphatic hydroxyl groups is 1. The van der Waals surface area contributed by atoms with Crippen molar-refractivity contribution in [2.24, 2.45) is 17.8 Å². The van der Waals surface area contributed by atoms with Crippen LogP contribution in [0.1, 0.15) is 69.2 Å². The van der Waals surface area contributed by atoms with E-state index in [0.717, 1.165) is 50.8 Å². The molecule has 1 aromatic rings. The van der Waals surface area contributed by atoms with Crippen LogP contribution in [0.4, 0.5) is 13.2 Å². The first-order valence-electron chi connectivity index (χ1n) is 11.9. The number of rotatable bonds is 5. The topological polar surface area (TPSA) is 65.5 Å². The molecule has 1 aromatic heterocycles. The van der Waals surface area contributed by atoms with Gasteiger partial charge in [-0.25, -0.2) is 0 Å². The lowest BCUT2D eigenvalue weighted by Gasteiger charge is -2.32. The normalized spacial score (nSPS) is 31.6. The van der Waals surface area contributed by atoms with Gasteiger partial charge in [0, 0.05) is 55.3 Å². The summed E-state index contributed by atoms with van der Waals surface area (Å²) in [6, 6.07) is 1.66. The van der Waals surface area contributed by atoms with Gasteiger partial charge >= 0.3 is 6.18 Å². The molecule has 32 heavy (non-hydrogen) atoms. The highest BCUT2D eigenvalue weighted by molar-refractivity contribution is 5.79. The molecule has 2 saturated carbocycles. The third-order valence-electron chi connectivity index (χ3n) is 7.83. The molecule has 1 amide bonds. The number of hydrogen-bond donors (Lipinski definition) is 2. The van der Waals surface area contributed by atoms with Crippen molar-refractivity contribution in [2.75, 3.05) is 6.54 Å². The molecule has 0 bridgehead atoms. The summed E-state index contributed by atoms with van der Waals surface area (Å²) in [4.78, 5) is 18.9. The largest absolute Gasteiger partial charge is 0.417 e. The molecule has 2 aliphatic carbocycles. The highest BCUT2D eigenvalue weighted by Crippen LogP contribution is 2.37. The molecule has 6 unspecified atom stereocenters. The van der Waals surface area contributed by atoms with E-state index < -0.39 is 11.7 Å². The van der Waals surface area contributed by atoms with E-state index in [0.29, 0.717) is 30.1 Å². The molecule has 6 atom stereocenters. The Hall–Kier alpha value is -1.67. The maximum Gasteiger partial charge on any atom is 0.417 e. The summed E-state index contributed by atoms with van der Waals surface area (Å²) >= 11 is 0. The van der Waals surface area contributed by atoms with Crippen molar-refractivity contribution in [3.8, 4) is 0 Å². The standard InChI is InChI=1S/C24H34F3N3O2/c1-3-21(31)19-7-4-14(2)22(19)29-18-6-5-15(11-18)23(32)30-9-8-20-16(13-30)10-17(12-28-20)24(25,26)27/h10,12,14-15,18-19,21-22,29,31H,3-9,11,13H2,1-2H3. The highest BCUT2D eigenvalue weighted by atomic mass is 19.4. The SMILES string of the molecule is CCC(O)C1CCC(C)C1NC1CCC(C(=O)N2CCc3ncc(C(F)(F)F)cc3C2)C1. The van der Waals surface area contributed by atoms with E-state index in [9.17, 15) is 23.1 Å². The van der Waals surface area contributed by atoms with Gasteiger partial charge in [0.1, 0.15) is 0 Å². The lowest BCUT2D eigenvalue weighted by Crippen LogP contribution is -2.46. The predicted molar refractivity (Wildman–Crippen MR) is 115 cm³/mol. The van der Waals surface area contributed by atoms with Crippen molar-refractivity contribution in [1.29, 1.82) is 0 Å². The molecular weight excluding hydrogens is 419 g/mol. The zero-order valence-electron chi connectivity index (χ0n) is 18.9. The minimum absolute atomic E-state index is 0.0435. The number of pyridine rings is 1. The third kappa shape index (κ3) is 4.81. The molecule has 0 spiro atoms. The fourth-order valence-corrected chi connectivity index (χ4v) is 5.92. The monoisotopic (exact) mass is 453 g/mol. The van der Waals surface area contributed by atoms with E-state index in [2.05, 4.69) is 17.2 Å². The van der Waals surface area contributed by atoms with Gasteiger partial charge in [0.05, 0.1) is 11.7 Å². The molecule has 2 N–H and O–H groups in total. The van der Waals surface area contributed by atoms with Crippen molar-refractivity contribution >= 4 is 5.91 Å². The summed E-state index contributed by atoms with van der Waals surface area (Å²) in [5.74, 6) is 0.713. The van der Waals surface area contributed by atoms with Gasteiger partial charge in [-0.2, -0.15) is 13.2 Å². The average molecular weight is 454 g/mol. The molecule has 5 nitrogen and oxygen atoms in total. The molecule has 0 aromatic carbocycles. The summed E-state index contributed by atoms with van der Waals surface area (Å²) in [7, 11) is 0. The van der Waals surface area contributed by atoms with E-state index in [4.69, 9.17) is 0 Å². The fourth-order valence-electron chi connectivity index (χ4n) is 5.92. The smallest absolute Gasteiger partial charge is 0.393 e. The van der Waals surface area contributed by atoms with Crippen molar-refractivity contribution in [1.82, 2.24) is 15.2 Å². The van der Waals surface area contributed by atoms with Crippen LogP contribution in [0, 0.1) is 17.8 Å². The third-order valence-corrected chi connectivity index (χ3v) is 7.83. The Kier molecular flexibility index (Phi) is 6.82. The summed E-state index contributed by atoms with van der Waals surface area (Å²) in [6.07, 6.45) is 2.00. The second kappa shape index (κ2) is 9.29. The molecule has 4 rings (SSSR count). The van der Waals surface area contributed by atoms with Crippen LogP contribution >= 0.6 is 0 Å². The predicted octanol–water partition coefficient (Wildman–Crippen LogP) is 3.93. The zero-order valence-corrected chi connectivity index (χ0v) is 18.9. The van der Waals surface area contributed by atoms with Crippen molar-refractivity contribution < 1.29 is 23.1 Å². The van der Waals surface area contributed by atoms with E-state index >= 15 is 0 Å². The lowest BCUT2D eigenvalue weighted by atomic mass is 9.91. The Morgan fingerprint density at radius 1 is 1.31 bits per heavy atom. The van der Waals surface area contributed by atoms with E-state index in [1.807, 2.05) is 6.92 Å². The van der Waals surface area contributed by atoms with Gasteiger partial charge in [0.2, 0.25) is 5.91 Å². The van der Waals surface area contributed by atoms with E-state index in [1.165, 1.54) is 0 Å². The summed E-state index contributed by atoms with van der Waals surface area (Å²) in [5, 5.41) is 14.2. The number of amides is 1. The average Bonchev–Trinajstić information content (AvgIpc) is 3.38. The summed E-state index contributed by atoms with van der Waals surface area (Å²) < 4.78 is 39.2. The van der Waals surface area contributed by atoms with Crippen LogP contribution < -0.4 is 5.32 Å². The lowest BCUT2D eigenvalue weighted by molar-refractivity contribution is -0.137. The van der Waals surface area contributed by atoms with Gasteiger partial charge in [0.15, 0.2) is 0 Å². The summed E-state index contributed by atoms with van der Waals surface area (Å²) in [6.45, 7) is 4.94. The van der Waals surface area contributed by atoms with Gasteiger partial charge in [0.25, 0.3) is 0 Å². The van der Waals surface area contributed by atoms with Crippen molar-refractivity contribution in [3.05, 3.63) is 29.1 Å². The molecule has 1 aliphatic heterocycles. The Labute approximate surface area is 187 Å². The van der Waals surface area contributed by atoms with Crippen LogP contribution in [-0.4, -0.2) is 45.6 Å². The van der Waals surface area contributed by atoms with Crippen LogP contribution in [0.25, 0.3) is 0 Å². The number of aromatic nitrogens is 1. The Bertz CT molecular complexity index is 831. The number of nitrogens with one attached hydrogen (secondary N) is 1. The fraction of sp³-hybridized carbons (Fsp3) is 0.750. The van der Waals surface area contributed by atoms with Crippen molar-refractivity contribution in [2.45, 2.75) is 89.7 Å². The minimum Gasteiger partial charge on any atom is -0.393 e. The number of hydrogen-bond acceptors (Lipinski definition) is 4. The van der Waals surface area contributed by atoms with Crippen LogP contribution in [0.3, 0.4) is 0 Å². The first-order chi connectivity index (χ1) is 15.2. The maximum atomic E-state index is 13.2. The van der Waals surface area contributed by atoms with Crippen LogP contribution in [-0.2, 0) is 23.9 Å². The molecule has 0 radical (unpaired) electrons. The van der Waals surface area contributed by atoms with Crippen molar-refractivity contribution in [3.63, 3.8) is 0 Å². The highest BCUT2D eigenvalue weighted by Gasteiger charge is 2.41. The number of carbonyl (C=O) groups is 1. The summed E-state index contributed by atoms with van der Waals surface area (Å²) in [5.41, 5.74) is 0.400. The van der Waals surface area contributed by atoms with Crippen LogP contribution in [0.5, 0.6) is 0 Å². The Morgan fingerprint density at radius 3 is 2.81 bits per heavy atom. The number of nitrogens with zero attached hydrogens (tertiary/aromatic N) is 2. The zero-order chi connectivity index (χ0) is 23.0. The van der Waals surface area contributed by atoms with Gasteiger partial charge in [-0.3, -0.25) is 9.78 Å². The van der Waals surface area contributed by atoms with E-state index in [-0.39, 0.29) is 42.5 Å². The number of alkyl halides is 3. The van der Waals surface area contributed by atoms with Gasteiger partial charge in [-0.1, -0.05) is 13.8 Å². The second-order valence-corrected chi connectivity index (χ2v) is 9.93. The number of aliphatic hydroxyl groups excluding tert-OH is 1. The first kappa shape index (κ1) is 23.5. The minimum atomic E-state index is -4.43. The maximum absolute atomic E-state index is 13.2. The van der Waals surface area contributed by atoms with Crippen LogP contribution in [0.15, 0.2) is 12.3 Å². The second-order valence-electron chi connectivity index (χ2n) is 9.93. The molecule has 178 valence electrons. The van der Waals surface area contributed by atoms with Gasteiger partial charge in [-0.05, 0) is 56.1 Å². The quantitative estimate of drug-likeness (QED) is 0.709. The van der Waals surface area contributed by atoms with Gasteiger partial charge < -0.3 is 15.3 Å². The molecular formula is C24H34F3N3O2. The van der Waals surface area contributed by atoms with Gasteiger partial charge in [-0.15, -0.1) is 0 Å². The molecule has 2 fully saturated rings.